The van der Waals surface area contributed by atoms with Gasteiger partial charge in [0.1, 0.15) is 18.9 Å². The molecule has 2 aromatic carbocycles. The Labute approximate surface area is 186 Å². The van der Waals surface area contributed by atoms with Crippen molar-refractivity contribution in [3.8, 4) is 22.8 Å². The molecule has 6 rings (SSSR count). The summed E-state index contributed by atoms with van der Waals surface area (Å²) in [6.07, 6.45) is 1.43. The highest BCUT2D eigenvalue weighted by Crippen LogP contribution is 2.40. The van der Waals surface area contributed by atoms with Crippen LogP contribution >= 0.6 is 11.6 Å². The third-order valence-corrected chi connectivity index (χ3v) is 5.86. The molecule has 0 radical (unpaired) electrons. The third kappa shape index (κ3) is 2.63. The summed E-state index contributed by atoms with van der Waals surface area (Å²) in [6.45, 7) is 0.862. The summed E-state index contributed by atoms with van der Waals surface area (Å²) in [6, 6.07) is 12.2. The lowest BCUT2D eigenvalue weighted by Crippen LogP contribution is -2.29. The second-order valence-corrected chi connectivity index (χ2v) is 7.93. The van der Waals surface area contributed by atoms with Crippen LogP contribution in [0.3, 0.4) is 0 Å². The third-order valence-electron chi connectivity index (χ3n) is 5.60. The Hall–Kier alpha value is -3.91. The van der Waals surface area contributed by atoms with Gasteiger partial charge >= 0.3 is 0 Å². The van der Waals surface area contributed by atoms with E-state index in [9.17, 15) is 9.59 Å². The summed E-state index contributed by atoms with van der Waals surface area (Å²) in [7, 11) is 1.75. The molecule has 0 bridgehead atoms. The highest BCUT2D eigenvalue weighted by molar-refractivity contribution is 6.38. The highest BCUT2D eigenvalue weighted by atomic mass is 35.5. The average molecular weight is 447 g/mol. The minimum absolute atomic E-state index is 0.237. The standard InChI is InChI=1S/C23H15ClN4O4/c1-27-21-19(20(26-27)12-2-4-13(24)5-3-12)18-15(11-25-21)22(29)28(23(18)30)14-6-7-16-17(10-14)32-9-8-31-16/h2-7,10-11H,8-9H2,1H3. The summed E-state index contributed by atoms with van der Waals surface area (Å²) in [5.74, 6) is 0.203. The van der Waals surface area contributed by atoms with Crippen LogP contribution in [-0.2, 0) is 7.05 Å². The van der Waals surface area contributed by atoms with Crippen molar-refractivity contribution in [1.29, 1.82) is 0 Å². The van der Waals surface area contributed by atoms with Crippen LogP contribution in [0.15, 0.2) is 48.7 Å². The smallest absolute Gasteiger partial charge is 0.267 e. The Balaban J connectivity index is 1.53. The van der Waals surface area contributed by atoms with Crippen molar-refractivity contribution in [1.82, 2.24) is 14.8 Å². The van der Waals surface area contributed by atoms with E-state index in [4.69, 9.17) is 21.1 Å². The van der Waals surface area contributed by atoms with E-state index in [0.717, 1.165) is 10.5 Å². The topological polar surface area (TPSA) is 86.6 Å². The van der Waals surface area contributed by atoms with E-state index in [-0.39, 0.29) is 11.1 Å². The molecular weight excluding hydrogens is 432 g/mol. The van der Waals surface area contributed by atoms with Crippen molar-refractivity contribution in [3.63, 3.8) is 0 Å². The number of imide groups is 1. The maximum atomic E-state index is 13.6. The molecule has 2 aliphatic rings. The Bertz CT molecular complexity index is 1440. The lowest BCUT2D eigenvalue weighted by molar-refractivity contribution is 0.0926. The lowest BCUT2D eigenvalue weighted by Gasteiger charge is -2.21. The molecule has 0 atom stereocenters. The molecule has 158 valence electrons. The highest BCUT2D eigenvalue weighted by Gasteiger charge is 2.40. The number of carbonyl (C=O) groups excluding carboxylic acids is 2. The Morgan fingerprint density at radius 3 is 2.50 bits per heavy atom. The van der Waals surface area contributed by atoms with Gasteiger partial charge in [0.15, 0.2) is 17.1 Å². The van der Waals surface area contributed by atoms with Gasteiger partial charge in [-0.2, -0.15) is 5.10 Å². The molecule has 0 fully saturated rings. The van der Waals surface area contributed by atoms with Gasteiger partial charge in [0.2, 0.25) is 0 Å². The molecule has 9 heteroatoms. The van der Waals surface area contributed by atoms with Crippen LogP contribution in [0.2, 0.25) is 5.02 Å². The summed E-state index contributed by atoms with van der Waals surface area (Å²) in [5.41, 5.74) is 2.78. The largest absolute Gasteiger partial charge is 0.486 e. The molecule has 4 heterocycles. The first-order chi connectivity index (χ1) is 15.5. The Kier molecular flexibility index (Phi) is 4.00. The number of amides is 2. The lowest BCUT2D eigenvalue weighted by atomic mass is 10.0. The van der Waals surface area contributed by atoms with Crippen molar-refractivity contribution in [2.45, 2.75) is 0 Å². The van der Waals surface area contributed by atoms with Crippen LogP contribution in [-0.4, -0.2) is 39.8 Å². The first kappa shape index (κ1) is 18.8. The molecule has 0 aliphatic carbocycles. The second-order valence-electron chi connectivity index (χ2n) is 7.50. The van der Waals surface area contributed by atoms with Gasteiger partial charge in [-0.1, -0.05) is 23.7 Å². The van der Waals surface area contributed by atoms with Crippen LogP contribution < -0.4 is 14.4 Å². The number of aryl methyl sites for hydroxylation is 1. The zero-order chi connectivity index (χ0) is 22.0. The fourth-order valence-corrected chi connectivity index (χ4v) is 4.27. The molecular formula is C23H15ClN4O4. The normalized spacial score (nSPS) is 14.9. The number of benzene rings is 2. The number of hydrogen-bond donors (Lipinski definition) is 0. The van der Waals surface area contributed by atoms with Crippen LogP contribution in [0.25, 0.3) is 22.3 Å². The number of hydrogen-bond acceptors (Lipinski definition) is 6. The predicted octanol–water partition coefficient (Wildman–Crippen LogP) is 3.86. The van der Waals surface area contributed by atoms with Gasteiger partial charge in [-0.3, -0.25) is 9.59 Å². The van der Waals surface area contributed by atoms with Gasteiger partial charge in [0, 0.05) is 29.9 Å². The van der Waals surface area contributed by atoms with E-state index in [1.54, 1.807) is 42.1 Å². The minimum Gasteiger partial charge on any atom is -0.486 e. The number of rotatable bonds is 2. The van der Waals surface area contributed by atoms with Crippen LogP contribution in [0.1, 0.15) is 20.7 Å². The van der Waals surface area contributed by atoms with E-state index in [1.807, 2.05) is 12.1 Å². The predicted molar refractivity (Wildman–Crippen MR) is 118 cm³/mol. The molecule has 2 amide bonds. The van der Waals surface area contributed by atoms with Gasteiger partial charge in [0.05, 0.1) is 22.2 Å². The molecule has 0 unspecified atom stereocenters. The van der Waals surface area contributed by atoms with Crippen LogP contribution in [0.5, 0.6) is 11.5 Å². The molecule has 0 N–H and O–H groups in total. The average Bonchev–Trinajstić information content (AvgIpc) is 3.27. The van der Waals surface area contributed by atoms with E-state index < -0.39 is 11.8 Å². The van der Waals surface area contributed by atoms with Gasteiger partial charge < -0.3 is 9.47 Å². The quantitative estimate of drug-likeness (QED) is 0.434. The Morgan fingerprint density at radius 1 is 0.969 bits per heavy atom. The molecule has 0 saturated carbocycles. The maximum absolute atomic E-state index is 13.6. The molecule has 32 heavy (non-hydrogen) atoms. The first-order valence-electron chi connectivity index (χ1n) is 9.93. The summed E-state index contributed by atoms with van der Waals surface area (Å²) in [4.78, 5) is 32.4. The van der Waals surface area contributed by atoms with Crippen molar-refractivity contribution in [2.24, 2.45) is 7.05 Å². The second kappa shape index (κ2) is 6.80. The molecule has 8 nitrogen and oxygen atoms in total. The molecule has 2 aromatic heterocycles. The maximum Gasteiger partial charge on any atom is 0.267 e. The zero-order valence-corrected chi connectivity index (χ0v) is 17.6. The van der Waals surface area contributed by atoms with E-state index in [0.29, 0.717) is 52.2 Å². The molecule has 2 aliphatic heterocycles. The summed E-state index contributed by atoms with van der Waals surface area (Å²) >= 11 is 6.03. The number of halogens is 1. The van der Waals surface area contributed by atoms with Crippen molar-refractivity contribution < 1.29 is 19.1 Å². The van der Waals surface area contributed by atoms with E-state index in [1.165, 1.54) is 6.20 Å². The number of carbonyl (C=O) groups is 2. The van der Waals surface area contributed by atoms with Gasteiger partial charge in [-0.15, -0.1) is 0 Å². The number of fused-ring (bicyclic) bond motifs is 4. The number of pyridine rings is 1. The number of ether oxygens (including phenoxy) is 2. The van der Waals surface area contributed by atoms with Crippen LogP contribution in [0.4, 0.5) is 5.69 Å². The van der Waals surface area contributed by atoms with Gasteiger partial charge in [-0.05, 0) is 24.3 Å². The zero-order valence-electron chi connectivity index (χ0n) is 16.8. The number of nitrogens with zero attached hydrogens (tertiary/aromatic N) is 4. The molecule has 0 saturated heterocycles. The fraction of sp³-hybridized carbons (Fsp3) is 0.130. The molecule has 4 aromatic rings. The minimum atomic E-state index is -0.443. The van der Waals surface area contributed by atoms with Crippen molar-refractivity contribution in [2.75, 3.05) is 18.1 Å². The van der Waals surface area contributed by atoms with Gasteiger partial charge in [0.25, 0.3) is 11.8 Å². The van der Waals surface area contributed by atoms with E-state index >= 15 is 0 Å². The van der Waals surface area contributed by atoms with E-state index in [2.05, 4.69) is 10.1 Å². The van der Waals surface area contributed by atoms with Gasteiger partial charge in [-0.25, -0.2) is 14.6 Å². The number of aromatic nitrogens is 3. The fourth-order valence-electron chi connectivity index (χ4n) is 4.14. The SMILES string of the molecule is Cn1nc(-c2ccc(Cl)cc2)c2c3c(cnc21)C(=O)N(c1ccc2c(c1)OCCO2)C3=O. The molecule has 0 spiro atoms. The number of anilines is 1. The Morgan fingerprint density at radius 2 is 1.72 bits per heavy atom. The summed E-state index contributed by atoms with van der Waals surface area (Å²) in [5, 5.41) is 5.70. The van der Waals surface area contributed by atoms with Crippen LogP contribution in [0, 0.1) is 0 Å². The van der Waals surface area contributed by atoms with Crippen molar-refractivity contribution in [3.05, 3.63) is 64.8 Å². The summed E-state index contributed by atoms with van der Waals surface area (Å²) < 4.78 is 12.8. The van der Waals surface area contributed by atoms with Crippen molar-refractivity contribution >= 4 is 40.1 Å². The monoisotopic (exact) mass is 446 g/mol. The first-order valence-corrected chi connectivity index (χ1v) is 10.3.